The molecule has 2 aromatic rings. The number of fused-ring (bicyclic) bond motifs is 1. The van der Waals surface area contributed by atoms with Gasteiger partial charge in [0.25, 0.3) is 0 Å². The molecule has 0 saturated heterocycles. The molecule has 5 heteroatoms. The first-order chi connectivity index (χ1) is 10.1. The topological polar surface area (TPSA) is 59.1 Å². The first-order valence-corrected chi connectivity index (χ1v) is 7.15. The lowest BCUT2D eigenvalue weighted by Crippen LogP contribution is -2.24. The zero-order chi connectivity index (χ0) is 15.0. The average molecular weight is 343 g/mol. The Morgan fingerprint density at radius 1 is 1.00 bits per heavy atom. The van der Waals surface area contributed by atoms with Gasteiger partial charge in [0, 0.05) is 17.3 Å². The number of nitrogens with zero attached hydrogens (tertiary/aromatic N) is 1. The molecule has 4 nitrogen and oxygen atoms in total. The molecule has 1 aliphatic carbocycles. The standard InChI is InChI=1S/C16H11BrN2O2/c1-9-6-7-12(18-8-9)19-14-13(17)15(20)10-4-2-3-5-11(10)16(14)21/h2-8H,1H3,(H,18,19). The summed E-state index contributed by atoms with van der Waals surface area (Å²) in [5.74, 6) is 0.0901. The number of aryl methyl sites for hydroxylation is 1. The van der Waals surface area contributed by atoms with E-state index in [1.165, 1.54) is 0 Å². The van der Waals surface area contributed by atoms with E-state index in [2.05, 4.69) is 26.2 Å². The Labute approximate surface area is 130 Å². The van der Waals surface area contributed by atoms with E-state index in [-0.39, 0.29) is 21.7 Å². The summed E-state index contributed by atoms with van der Waals surface area (Å²) < 4.78 is 0.230. The molecular weight excluding hydrogens is 332 g/mol. The number of allylic oxidation sites excluding steroid dienone is 2. The number of hydrogen-bond acceptors (Lipinski definition) is 4. The van der Waals surface area contributed by atoms with E-state index in [0.29, 0.717) is 16.9 Å². The first kappa shape index (κ1) is 13.7. The van der Waals surface area contributed by atoms with Crippen molar-refractivity contribution in [2.75, 3.05) is 5.32 Å². The molecule has 0 atom stereocenters. The third-order valence-corrected chi connectivity index (χ3v) is 3.98. The van der Waals surface area contributed by atoms with Crippen molar-refractivity contribution in [3.05, 3.63) is 69.5 Å². The molecule has 0 aliphatic heterocycles. The fourth-order valence-electron chi connectivity index (χ4n) is 2.13. The van der Waals surface area contributed by atoms with Gasteiger partial charge in [-0.25, -0.2) is 4.98 Å². The number of carbonyl (C=O) groups is 2. The van der Waals surface area contributed by atoms with E-state index in [0.717, 1.165) is 5.56 Å². The minimum atomic E-state index is -0.223. The predicted molar refractivity (Wildman–Crippen MR) is 83.7 cm³/mol. The number of anilines is 1. The fourth-order valence-corrected chi connectivity index (χ4v) is 2.62. The van der Waals surface area contributed by atoms with Gasteiger partial charge in [-0.05, 0) is 34.5 Å². The molecule has 0 bridgehead atoms. The van der Waals surface area contributed by atoms with Crippen molar-refractivity contribution >= 4 is 33.3 Å². The molecule has 21 heavy (non-hydrogen) atoms. The van der Waals surface area contributed by atoms with Crippen LogP contribution in [0.15, 0.2) is 52.8 Å². The van der Waals surface area contributed by atoms with Gasteiger partial charge in [0.1, 0.15) is 11.5 Å². The zero-order valence-electron chi connectivity index (χ0n) is 11.2. The van der Waals surface area contributed by atoms with Crippen LogP contribution in [-0.4, -0.2) is 16.6 Å². The van der Waals surface area contributed by atoms with Crippen LogP contribution in [0.25, 0.3) is 0 Å². The Hall–Kier alpha value is -2.27. The summed E-state index contributed by atoms with van der Waals surface area (Å²) in [6.07, 6.45) is 1.69. The Bertz CT molecular complexity index is 779. The van der Waals surface area contributed by atoms with Crippen molar-refractivity contribution in [1.82, 2.24) is 4.98 Å². The molecule has 1 aromatic heterocycles. The molecular formula is C16H11BrN2O2. The molecule has 0 saturated carbocycles. The van der Waals surface area contributed by atoms with Gasteiger partial charge in [-0.15, -0.1) is 0 Å². The van der Waals surface area contributed by atoms with Crippen LogP contribution < -0.4 is 5.32 Å². The van der Waals surface area contributed by atoms with Gasteiger partial charge in [-0.1, -0.05) is 30.3 Å². The van der Waals surface area contributed by atoms with Gasteiger partial charge in [-0.3, -0.25) is 9.59 Å². The van der Waals surface area contributed by atoms with Gasteiger partial charge in [0.15, 0.2) is 0 Å². The minimum absolute atomic E-state index is 0.209. The van der Waals surface area contributed by atoms with Gasteiger partial charge in [0.05, 0.1) is 4.48 Å². The largest absolute Gasteiger partial charge is 0.336 e. The summed E-state index contributed by atoms with van der Waals surface area (Å²) in [5, 5.41) is 2.93. The minimum Gasteiger partial charge on any atom is -0.336 e. The maximum absolute atomic E-state index is 12.5. The van der Waals surface area contributed by atoms with Crippen LogP contribution in [0.5, 0.6) is 0 Å². The van der Waals surface area contributed by atoms with Crippen LogP contribution in [-0.2, 0) is 0 Å². The molecule has 1 aromatic carbocycles. The number of halogens is 1. The van der Waals surface area contributed by atoms with Gasteiger partial charge >= 0.3 is 0 Å². The monoisotopic (exact) mass is 342 g/mol. The summed E-state index contributed by atoms with van der Waals surface area (Å²) in [6, 6.07) is 10.4. The highest BCUT2D eigenvalue weighted by Gasteiger charge is 2.30. The van der Waals surface area contributed by atoms with Crippen molar-refractivity contribution in [1.29, 1.82) is 0 Å². The number of carbonyl (C=O) groups excluding carboxylic acids is 2. The molecule has 0 spiro atoms. The normalized spacial score (nSPS) is 14.2. The number of hydrogen-bond donors (Lipinski definition) is 1. The zero-order valence-corrected chi connectivity index (χ0v) is 12.8. The average Bonchev–Trinajstić information content (AvgIpc) is 2.51. The fraction of sp³-hybridized carbons (Fsp3) is 0.0625. The number of ketones is 2. The Kier molecular flexibility index (Phi) is 3.43. The van der Waals surface area contributed by atoms with Gasteiger partial charge < -0.3 is 5.32 Å². The molecule has 0 radical (unpaired) electrons. The highest BCUT2D eigenvalue weighted by molar-refractivity contribution is 9.12. The Balaban J connectivity index is 2.02. The summed E-state index contributed by atoms with van der Waals surface area (Å²) in [6.45, 7) is 1.93. The molecule has 3 rings (SSSR count). The maximum Gasteiger partial charge on any atom is 0.211 e. The van der Waals surface area contributed by atoms with E-state index in [1.807, 2.05) is 13.0 Å². The number of rotatable bonds is 2. The number of pyridine rings is 1. The molecule has 0 unspecified atom stereocenters. The van der Waals surface area contributed by atoms with E-state index >= 15 is 0 Å². The van der Waals surface area contributed by atoms with Crippen molar-refractivity contribution < 1.29 is 9.59 Å². The summed E-state index contributed by atoms with van der Waals surface area (Å²) in [4.78, 5) is 29.0. The van der Waals surface area contributed by atoms with E-state index in [9.17, 15) is 9.59 Å². The molecule has 1 heterocycles. The van der Waals surface area contributed by atoms with E-state index in [1.54, 1.807) is 36.5 Å². The molecule has 1 N–H and O–H groups in total. The highest BCUT2D eigenvalue weighted by Crippen LogP contribution is 2.29. The second kappa shape index (κ2) is 5.26. The molecule has 0 fully saturated rings. The van der Waals surface area contributed by atoms with Gasteiger partial charge in [0.2, 0.25) is 11.6 Å². The predicted octanol–water partition coefficient (Wildman–Crippen LogP) is 3.49. The number of aromatic nitrogens is 1. The number of Topliss-reactive ketones (excluding diaryl/α,β-unsaturated/α-hetero) is 2. The van der Waals surface area contributed by atoms with Crippen LogP contribution in [0.3, 0.4) is 0 Å². The number of benzene rings is 1. The van der Waals surface area contributed by atoms with Crippen molar-refractivity contribution in [2.45, 2.75) is 6.92 Å². The highest BCUT2D eigenvalue weighted by atomic mass is 79.9. The maximum atomic E-state index is 12.5. The second-order valence-corrected chi connectivity index (χ2v) is 5.53. The van der Waals surface area contributed by atoms with Crippen LogP contribution in [0.1, 0.15) is 26.3 Å². The van der Waals surface area contributed by atoms with Gasteiger partial charge in [-0.2, -0.15) is 0 Å². The van der Waals surface area contributed by atoms with Crippen LogP contribution >= 0.6 is 15.9 Å². The number of nitrogens with one attached hydrogen (secondary N) is 1. The second-order valence-electron chi connectivity index (χ2n) is 4.74. The van der Waals surface area contributed by atoms with Crippen LogP contribution in [0.2, 0.25) is 0 Å². The van der Waals surface area contributed by atoms with E-state index in [4.69, 9.17) is 0 Å². The lowest BCUT2D eigenvalue weighted by atomic mass is 9.92. The first-order valence-electron chi connectivity index (χ1n) is 6.36. The third-order valence-electron chi connectivity index (χ3n) is 3.23. The van der Waals surface area contributed by atoms with Crippen molar-refractivity contribution in [3.63, 3.8) is 0 Å². The molecule has 1 aliphatic rings. The van der Waals surface area contributed by atoms with Crippen LogP contribution in [0, 0.1) is 6.92 Å². The molecule has 104 valence electrons. The summed E-state index contributed by atoms with van der Waals surface area (Å²) >= 11 is 3.22. The summed E-state index contributed by atoms with van der Waals surface area (Å²) in [7, 11) is 0. The quantitative estimate of drug-likeness (QED) is 0.907. The van der Waals surface area contributed by atoms with Crippen molar-refractivity contribution in [2.24, 2.45) is 0 Å². The molecule has 0 amide bonds. The summed E-state index contributed by atoms with van der Waals surface area (Å²) in [5.41, 5.74) is 2.05. The van der Waals surface area contributed by atoms with Crippen molar-refractivity contribution in [3.8, 4) is 0 Å². The Morgan fingerprint density at radius 2 is 1.67 bits per heavy atom. The lowest BCUT2D eigenvalue weighted by molar-refractivity contribution is 0.0983. The smallest absolute Gasteiger partial charge is 0.211 e. The van der Waals surface area contributed by atoms with Crippen LogP contribution in [0.4, 0.5) is 5.82 Å². The van der Waals surface area contributed by atoms with E-state index < -0.39 is 0 Å². The SMILES string of the molecule is Cc1ccc(NC2=C(Br)C(=O)c3ccccc3C2=O)nc1. The lowest BCUT2D eigenvalue weighted by Gasteiger charge is -2.18. The Morgan fingerprint density at radius 3 is 2.29 bits per heavy atom. The third kappa shape index (κ3) is 2.40.